The molecule has 0 aliphatic heterocycles. The Labute approximate surface area is 103 Å². The molecule has 2 N–H and O–H groups in total. The van der Waals surface area contributed by atoms with E-state index in [-0.39, 0.29) is 18.0 Å². The summed E-state index contributed by atoms with van der Waals surface area (Å²) in [6, 6.07) is 4.09. The summed E-state index contributed by atoms with van der Waals surface area (Å²) in [5.41, 5.74) is 5.99. The van der Waals surface area contributed by atoms with Crippen LogP contribution in [0.1, 0.15) is 5.82 Å². The van der Waals surface area contributed by atoms with Gasteiger partial charge in [-0.25, -0.2) is 4.98 Å². The van der Waals surface area contributed by atoms with Crippen LogP contribution in [-0.4, -0.2) is 14.5 Å². The fourth-order valence-electron chi connectivity index (χ4n) is 1.44. The molecule has 0 unspecified atom stereocenters. The van der Waals surface area contributed by atoms with Gasteiger partial charge in [-0.05, 0) is 6.07 Å². The van der Waals surface area contributed by atoms with Crippen LogP contribution in [0.4, 0.5) is 11.4 Å². The van der Waals surface area contributed by atoms with Gasteiger partial charge >= 0.3 is 0 Å². The van der Waals surface area contributed by atoms with Crippen LogP contribution in [-0.2, 0) is 13.7 Å². The van der Waals surface area contributed by atoms with Gasteiger partial charge in [0, 0.05) is 25.5 Å². The third-order valence-electron chi connectivity index (χ3n) is 2.49. The van der Waals surface area contributed by atoms with Crippen LogP contribution in [0.25, 0.3) is 0 Å². The number of hydrogen-bond donors (Lipinski definition) is 1. The number of hydrogen-bond acceptors (Lipinski definition) is 5. The Morgan fingerprint density at radius 2 is 2.33 bits per heavy atom. The Balaban J connectivity index is 2.16. The molecule has 0 saturated heterocycles. The minimum absolute atomic E-state index is 0.0564. The van der Waals surface area contributed by atoms with Crippen molar-refractivity contribution in [2.24, 2.45) is 7.05 Å². The van der Waals surface area contributed by atoms with Crippen molar-refractivity contribution in [3.05, 3.63) is 46.5 Å². The maximum Gasteiger partial charge on any atom is 0.273 e. The predicted molar refractivity (Wildman–Crippen MR) is 65.0 cm³/mol. The van der Waals surface area contributed by atoms with Crippen LogP contribution >= 0.6 is 0 Å². The monoisotopic (exact) mass is 248 g/mol. The molecular weight excluding hydrogens is 236 g/mol. The molecule has 0 fully saturated rings. The Kier molecular flexibility index (Phi) is 3.13. The maximum absolute atomic E-state index is 10.6. The van der Waals surface area contributed by atoms with E-state index in [4.69, 9.17) is 10.5 Å². The summed E-state index contributed by atoms with van der Waals surface area (Å²) in [7, 11) is 1.84. The quantitative estimate of drug-likeness (QED) is 0.502. The van der Waals surface area contributed by atoms with E-state index < -0.39 is 4.92 Å². The fraction of sp³-hybridized carbons (Fsp3) is 0.182. The second kappa shape index (κ2) is 4.74. The maximum atomic E-state index is 10.6. The highest BCUT2D eigenvalue weighted by atomic mass is 16.6. The SMILES string of the molecule is Cn1ccnc1COc1cc([N+](=O)[O-])ccc1N. The number of ether oxygens (including phenoxy) is 1. The van der Waals surface area contributed by atoms with Crippen molar-refractivity contribution in [2.45, 2.75) is 6.61 Å². The van der Waals surface area contributed by atoms with E-state index >= 15 is 0 Å². The second-order valence-corrected chi connectivity index (χ2v) is 3.72. The summed E-state index contributed by atoms with van der Waals surface area (Å²) in [5, 5.41) is 10.6. The lowest BCUT2D eigenvalue weighted by Crippen LogP contribution is -2.04. The third kappa shape index (κ3) is 2.40. The zero-order chi connectivity index (χ0) is 13.1. The first-order valence-corrected chi connectivity index (χ1v) is 5.21. The van der Waals surface area contributed by atoms with Crippen LogP contribution in [0.15, 0.2) is 30.6 Å². The standard InChI is InChI=1S/C11H12N4O3/c1-14-5-4-13-11(14)7-18-10-6-8(15(16)17)2-3-9(10)12/h2-6H,7,12H2,1H3. The van der Waals surface area contributed by atoms with Gasteiger partial charge in [0.2, 0.25) is 0 Å². The molecule has 0 aliphatic rings. The lowest BCUT2D eigenvalue weighted by molar-refractivity contribution is -0.384. The van der Waals surface area contributed by atoms with E-state index in [1.165, 1.54) is 18.2 Å². The van der Waals surface area contributed by atoms with Gasteiger partial charge in [0.25, 0.3) is 5.69 Å². The third-order valence-corrected chi connectivity index (χ3v) is 2.49. The molecule has 94 valence electrons. The Morgan fingerprint density at radius 1 is 1.56 bits per heavy atom. The molecule has 0 radical (unpaired) electrons. The number of imidazole rings is 1. The largest absolute Gasteiger partial charge is 0.483 e. The predicted octanol–water partition coefficient (Wildman–Crippen LogP) is 1.49. The van der Waals surface area contributed by atoms with Gasteiger partial charge in [0.15, 0.2) is 0 Å². The number of benzene rings is 1. The van der Waals surface area contributed by atoms with Gasteiger partial charge in [0.05, 0.1) is 16.7 Å². The van der Waals surface area contributed by atoms with Gasteiger partial charge < -0.3 is 15.0 Å². The van der Waals surface area contributed by atoms with Crippen molar-refractivity contribution in [2.75, 3.05) is 5.73 Å². The highest BCUT2D eigenvalue weighted by molar-refractivity contribution is 5.57. The lowest BCUT2D eigenvalue weighted by Gasteiger charge is -2.08. The van der Waals surface area contributed by atoms with E-state index in [2.05, 4.69) is 4.98 Å². The van der Waals surface area contributed by atoms with Crippen LogP contribution < -0.4 is 10.5 Å². The van der Waals surface area contributed by atoms with E-state index in [9.17, 15) is 10.1 Å². The van der Waals surface area contributed by atoms with Gasteiger partial charge in [-0.2, -0.15) is 0 Å². The van der Waals surface area contributed by atoms with E-state index in [0.717, 1.165) is 0 Å². The molecule has 0 bridgehead atoms. The summed E-state index contributed by atoms with van der Waals surface area (Å²) >= 11 is 0. The number of nitro groups is 1. The first kappa shape index (κ1) is 11.9. The van der Waals surface area contributed by atoms with Crippen LogP contribution in [0.5, 0.6) is 5.75 Å². The van der Waals surface area contributed by atoms with Crippen molar-refractivity contribution in [3.63, 3.8) is 0 Å². The average Bonchev–Trinajstić information content (AvgIpc) is 2.73. The summed E-state index contributed by atoms with van der Waals surface area (Å²) in [5.74, 6) is 0.994. The molecule has 7 heteroatoms. The summed E-state index contributed by atoms with van der Waals surface area (Å²) < 4.78 is 7.24. The molecule has 18 heavy (non-hydrogen) atoms. The minimum Gasteiger partial charge on any atom is -0.483 e. The minimum atomic E-state index is -0.493. The van der Waals surface area contributed by atoms with Crippen molar-refractivity contribution >= 4 is 11.4 Å². The van der Waals surface area contributed by atoms with Gasteiger partial charge in [-0.15, -0.1) is 0 Å². The number of aromatic nitrogens is 2. The fourth-order valence-corrected chi connectivity index (χ4v) is 1.44. The average molecular weight is 248 g/mol. The lowest BCUT2D eigenvalue weighted by atomic mass is 10.2. The van der Waals surface area contributed by atoms with E-state index in [1.807, 2.05) is 7.05 Å². The number of nitrogen functional groups attached to an aromatic ring is 1. The van der Waals surface area contributed by atoms with Crippen molar-refractivity contribution < 1.29 is 9.66 Å². The Bertz CT molecular complexity index is 579. The number of aryl methyl sites for hydroxylation is 1. The molecule has 0 saturated carbocycles. The van der Waals surface area contributed by atoms with E-state index in [0.29, 0.717) is 11.5 Å². The molecule has 7 nitrogen and oxygen atoms in total. The number of nitro benzene ring substituents is 1. The van der Waals surface area contributed by atoms with Gasteiger partial charge in [0.1, 0.15) is 18.2 Å². The zero-order valence-corrected chi connectivity index (χ0v) is 9.74. The molecular formula is C11H12N4O3. The molecule has 0 atom stereocenters. The van der Waals surface area contributed by atoms with Gasteiger partial charge in [-0.1, -0.05) is 0 Å². The van der Waals surface area contributed by atoms with Crippen molar-refractivity contribution in [1.82, 2.24) is 9.55 Å². The van der Waals surface area contributed by atoms with Crippen LogP contribution in [0.2, 0.25) is 0 Å². The summed E-state index contributed by atoms with van der Waals surface area (Å²) in [6.45, 7) is 0.203. The normalized spacial score (nSPS) is 10.3. The van der Waals surface area contributed by atoms with Crippen LogP contribution in [0, 0.1) is 10.1 Å². The molecule has 0 amide bonds. The molecule has 1 aromatic carbocycles. The first-order valence-electron chi connectivity index (χ1n) is 5.21. The number of rotatable bonds is 4. The van der Waals surface area contributed by atoms with Crippen molar-refractivity contribution in [1.29, 1.82) is 0 Å². The zero-order valence-electron chi connectivity index (χ0n) is 9.74. The molecule has 2 aromatic rings. The molecule has 0 spiro atoms. The molecule has 1 aromatic heterocycles. The Hall–Kier alpha value is -2.57. The first-order chi connectivity index (χ1) is 8.58. The van der Waals surface area contributed by atoms with Crippen molar-refractivity contribution in [3.8, 4) is 5.75 Å². The number of non-ortho nitro benzene ring substituents is 1. The highest BCUT2D eigenvalue weighted by Gasteiger charge is 2.11. The summed E-state index contributed by atoms with van der Waals surface area (Å²) in [6.07, 6.45) is 3.44. The highest BCUT2D eigenvalue weighted by Crippen LogP contribution is 2.27. The molecule has 0 aliphatic carbocycles. The topological polar surface area (TPSA) is 96.2 Å². The second-order valence-electron chi connectivity index (χ2n) is 3.72. The van der Waals surface area contributed by atoms with Gasteiger partial charge in [-0.3, -0.25) is 10.1 Å². The Morgan fingerprint density at radius 3 is 2.94 bits per heavy atom. The van der Waals surface area contributed by atoms with Crippen LogP contribution in [0.3, 0.4) is 0 Å². The summed E-state index contributed by atoms with van der Waals surface area (Å²) in [4.78, 5) is 14.2. The molecule has 1 heterocycles. The van der Waals surface area contributed by atoms with E-state index in [1.54, 1.807) is 17.0 Å². The smallest absolute Gasteiger partial charge is 0.273 e. The number of anilines is 1. The molecule has 2 rings (SSSR count). The number of nitrogens with zero attached hydrogens (tertiary/aromatic N) is 3. The number of nitrogens with two attached hydrogens (primary N) is 1.